The summed E-state index contributed by atoms with van der Waals surface area (Å²) in [7, 11) is 2.90. The molecule has 0 fully saturated rings. The maximum Gasteiger partial charge on any atom is 0.340 e. The molecule has 178 valence electrons. The number of carbonyl (C=O) groups is 1. The van der Waals surface area contributed by atoms with E-state index in [2.05, 4.69) is 10.3 Å². The number of methoxy groups -OCH3 is 2. The molecular weight excluding hydrogens is 460 g/mol. The van der Waals surface area contributed by atoms with Crippen LogP contribution in [-0.4, -0.2) is 42.0 Å². The summed E-state index contributed by atoms with van der Waals surface area (Å²) in [6.07, 6.45) is 4.42. The lowest BCUT2D eigenvalue weighted by molar-refractivity contribution is 0.0297. The molecule has 34 heavy (non-hydrogen) atoms. The molecule has 0 saturated heterocycles. The Hall–Kier alpha value is -3.78. The zero-order chi connectivity index (χ0) is 24.8. The van der Waals surface area contributed by atoms with Crippen LogP contribution in [0.25, 0.3) is 0 Å². The third-order valence-electron chi connectivity index (χ3n) is 5.25. The molecule has 0 heterocycles. The number of esters is 1. The number of carbonyl (C=O) groups excluding carboxylic acids is 1. The minimum absolute atomic E-state index is 0.165. The molecule has 9 heteroatoms. The monoisotopic (exact) mass is 484 g/mol. The van der Waals surface area contributed by atoms with Crippen LogP contribution in [0.1, 0.15) is 53.4 Å². The second kappa shape index (κ2) is 10.9. The van der Waals surface area contributed by atoms with E-state index in [-0.39, 0.29) is 27.8 Å². The molecule has 0 saturated carbocycles. The quantitative estimate of drug-likeness (QED) is 0.231. The van der Waals surface area contributed by atoms with Crippen LogP contribution in [0.3, 0.4) is 0 Å². The van der Waals surface area contributed by atoms with Crippen LogP contribution in [0.5, 0.6) is 11.5 Å². The number of oxime groups is 2. The second-order valence-electron chi connectivity index (χ2n) is 7.65. The molecule has 1 aliphatic carbocycles. The van der Waals surface area contributed by atoms with Gasteiger partial charge in [0, 0.05) is 12.0 Å². The van der Waals surface area contributed by atoms with Gasteiger partial charge >= 0.3 is 5.97 Å². The van der Waals surface area contributed by atoms with E-state index in [1.165, 1.54) is 26.4 Å². The van der Waals surface area contributed by atoms with Gasteiger partial charge in [0.1, 0.15) is 29.0 Å². The maximum absolute atomic E-state index is 13.0. The molecule has 0 spiro atoms. The lowest BCUT2D eigenvalue weighted by atomic mass is 9.88. The molecule has 0 aliphatic heterocycles. The Morgan fingerprint density at radius 1 is 1.06 bits per heavy atom. The fourth-order valence-corrected chi connectivity index (χ4v) is 3.88. The Morgan fingerprint density at radius 3 is 2.26 bits per heavy atom. The van der Waals surface area contributed by atoms with Crippen molar-refractivity contribution in [3.8, 4) is 11.5 Å². The lowest BCUT2D eigenvalue weighted by Gasteiger charge is -2.26. The van der Waals surface area contributed by atoms with Gasteiger partial charge in [0.25, 0.3) is 0 Å². The van der Waals surface area contributed by atoms with Crippen LogP contribution in [-0.2, 0) is 4.74 Å². The number of nitrogens with zero attached hydrogens (tertiary/aromatic N) is 2. The van der Waals surface area contributed by atoms with Crippen LogP contribution in [0, 0.1) is 0 Å². The van der Waals surface area contributed by atoms with Crippen molar-refractivity contribution < 1.29 is 29.4 Å². The smallest absolute Gasteiger partial charge is 0.340 e. The van der Waals surface area contributed by atoms with E-state index in [0.717, 1.165) is 5.57 Å². The summed E-state index contributed by atoms with van der Waals surface area (Å²) < 4.78 is 17.2. The molecule has 0 amide bonds. The number of allylic oxidation sites excluding steroid dienone is 3. The first kappa shape index (κ1) is 24.9. The lowest BCUT2D eigenvalue weighted by Crippen LogP contribution is -2.20. The van der Waals surface area contributed by atoms with Gasteiger partial charge in [-0.15, -0.1) is 0 Å². The van der Waals surface area contributed by atoms with Gasteiger partial charge in [-0.05, 0) is 44.2 Å². The molecule has 2 N–H and O–H groups in total. The fraction of sp³-hybridized carbons (Fsp3) is 0.240. The number of benzene rings is 2. The largest absolute Gasteiger partial charge is 0.496 e. The summed E-state index contributed by atoms with van der Waals surface area (Å²) in [6, 6.07) is 8.26. The van der Waals surface area contributed by atoms with Gasteiger partial charge in [-0.1, -0.05) is 45.7 Å². The van der Waals surface area contributed by atoms with E-state index in [9.17, 15) is 15.2 Å². The Morgan fingerprint density at radius 2 is 1.71 bits per heavy atom. The van der Waals surface area contributed by atoms with E-state index in [0.29, 0.717) is 28.9 Å². The van der Waals surface area contributed by atoms with Crippen molar-refractivity contribution in [1.82, 2.24) is 0 Å². The first-order chi connectivity index (χ1) is 16.4. The summed E-state index contributed by atoms with van der Waals surface area (Å²) in [6.45, 7) is 3.87. The van der Waals surface area contributed by atoms with Crippen molar-refractivity contribution in [2.45, 2.75) is 26.4 Å². The number of rotatable bonds is 7. The Kier molecular flexibility index (Phi) is 7.96. The SMILES string of the molecule is COc1cc([C@@H](CC=C(C)C)OC(=O)c2ccccc2Cl)c(OC)c2c1/C(=N/O)C=C/C2=N\O. The zero-order valence-electron chi connectivity index (χ0n) is 19.2. The van der Waals surface area contributed by atoms with Crippen molar-refractivity contribution in [3.63, 3.8) is 0 Å². The van der Waals surface area contributed by atoms with Crippen LogP contribution >= 0.6 is 11.6 Å². The molecule has 2 aromatic rings. The first-order valence-electron chi connectivity index (χ1n) is 10.4. The van der Waals surface area contributed by atoms with Gasteiger partial charge < -0.3 is 24.6 Å². The van der Waals surface area contributed by atoms with E-state index >= 15 is 0 Å². The average molecular weight is 485 g/mol. The third kappa shape index (κ3) is 4.92. The van der Waals surface area contributed by atoms with E-state index in [1.54, 1.807) is 30.3 Å². The van der Waals surface area contributed by atoms with E-state index in [4.69, 9.17) is 25.8 Å². The van der Waals surface area contributed by atoms with Gasteiger partial charge in [0.2, 0.25) is 0 Å². The average Bonchev–Trinajstić information content (AvgIpc) is 2.84. The maximum atomic E-state index is 13.0. The van der Waals surface area contributed by atoms with E-state index in [1.807, 2.05) is 19.9 Å². The van der Waals surface area contributed by atoms with Crippen LogP contribution in [0.2, 0.25) is 5.02 Å². The second-order valence-corrected chi connectivity index (χ2v) is 8.05. The molecule has 0 bridgehead atoms. The predicted octanol–water partition coefficient (Wildman–Crippen LogP) is 5.54. The summed E-state index contributed by atoms with van der Waals surface area (Å²) >= 11 is 6.20. The highest BCUT2D eigenvalue weighted by molar-refractivity contribution is 6.33. The van der Waals surface area contributed by atoms with Gasteiger partial charge in [-0.25, -0.2) is 4.79 Å². The third-order valence-corrected chi connectivity index (χ3v) is 5.58. The van der Waals surface area contributed by atoms with Crippen LogP contribution in [0.15, 0.2) is 64.4 Å². The minimum atomic E-state index is -0.798. The van der Waals surface area contributed by atoms with Crippen molar-refractivity contribution in [3.05, 3.63) is 81.4 Å². The molecule has 0 radical (unpaired) electrons. The van der Waals surface area contributed by atoms with Gasteiger partial charge in [-0.2, -0.15) is 0 Å². The van der Waals surface area contributed by atoms with Crippen molar-refractivity contribution >= 4 is 29.0 Å². The Balaban J connectivity index is 2.22. The summed E-state index contributed by atoms with van der Waals surface area (Å²) in [5.74, 6) is -0.00152. The van der Waals surface area contributed by atoms with E-state index < -0.39 is 12.1 Å². The molecule has 2 aromatic carbocycles. The normalized spacial score (nSPS) is 15.6. The number of halogens is 1. The number of hydrogen-bond acceptors (Lipinski definition) is 8. The van der Waals surface area contributed by atoms with Crippen molar-refractivity contribution in [1.29, 1.82) is 0 Å². The highest BCUT2D eigenvalue weighted by Crippen LogP contribution is 2.42. The summed E-state index contributed by atoms with van der Waals surface area (Å²) in [4.78, 5) is 13.0. The first-order valence-corrected chi connectivity index (χ1v) is 10.7. The van der Waals surface area contributed by atoms with Crippen LogP contribution < -0.4 is 9.47 Å². The molecule has 0 unspecified atom stereocenters. The van der Waals surface area contributed by atoms with Gasteiger partial charge in [0.05, 0.1) is 35.9 Å². The molecule has 1 aliphatic rings. The van der Waals surface area contributed by atoms with Crippen molar-refractivity contribution in [2.75, 3.05) is 14.2 Å². The van der Waals surface area contributed by atoms with Crippen molar-refractivity contribution in [2.24, 2.45) is 10.3 Å². The molecule has 0 aromatic heterocycles. The standard InChI is InChI=1S/C25H25ClN2O6/c1-14(2)9-12-20(34-25(29)15-7-5-6-8-17(15)26)16-13-21(32-3)22-18(27-30)10-11-19(28-31)23(22)24(16)33-4/h5-11,13,20,30-31H,12H2,1-4H3/b27-18+,28-19+/t20-/m1/s1. The summed E-state index contributed by atoms with van der Waals surface area (Å²) in [5, 5.41) is 26.1. The molecule has 3 rings (SSSR count). The molecule has 8 nitrogen and oxygen atoms in total. The number of ether oxygens (including phenoxy) is 3. The van der Waals surface area contributed by atoms with Crippen LogP contribution in [0.4, 0.5) is 0 Å². The minimum Gasteiger partial charge on any atom is -0.496 e. The van der Waals surface area contributed by atoms with Gasteiger partial charge in [0.15, 0.2) is 0 Å². The molecular formula is C25H25ClN2O6. The van der Waals surface area contributed by atoms with Gasteiger partial charge in [-0.3, -0.25) is 0 Å². The zero-order valence-corrected chi connectivity index (χ0v) is 20.0. The highest BCUT2D eigenvalue weighted by Gasteiger charge is 2.32. The Bertz CT molecular complexity index is 1210. The molecule has 1 atom stereocenters. The number of fused-ring (bicyclic) bond motifs is 1. The predicted molar refractivity (Wildman–Crippen MR) is 129 cm³/mol. The number of hydrogen-bond donors (Lipinski definition) is 2. The Labute approximate surface area is 202 Å². The highest BCUT2D eigenvalue weighted by atomic mass is 35.5. The summed E-state index contributed by atoms with van der Waals surface area (Å²) in [5.41, 5.74) is 2.80. The topological polar surface area (TPSA) is 110 Å². The fourth-order valence-electron chi connectivity index (χ4n) is 3.67.